The highest BCUT2D eigenvalue weighted by Crippen LogP contribution is 2.41. The molecule has 0 spiro atoms. The van der Waals surface area contributed by atoms with Crippen molar-refractivity contribution in [1.29, 1.82) is 0 Å². The Labute approximate surface area is 223 Å². The molecule has 1 amide bonds. The maximum absolute atomic E-state index is 12.5. The van der Waals surface area contributed by atoms with Gasteiger partial charge in [-0.1, -0.05) is 53.7 Å². The Morgan fingerprint density at radius 2 is 1.73 bits per heavy atom. The summed E-state index contributed by atoms with van der Waals surface area (Å²) in [6, 6.07) is 20.4. The molecular formula is C26H24ClN5O4S. The third-order valence-electron chi connectivity index (χ3n) is 5.15. The number of methoxy groups -OCH3 is 3. The van der Waals surface area contributed by atoms with Crippen LogP contribution in [0.2, 0.25) is 5.02 Å². The molecule has 0 unspecified atom stereocenters. The van der Waals surface area contributed by atoms with E-state index in [1.807, 2.05) is 47.0 Å². The van der Waals surface area contributed by atoms with Gasteiger partial charge in [0.1, 0.15) is 0 Å². The van der Waals surface area contributed by atoms with Gasteiger partial charge >= 0.3 is 0 Å². The van der Waals surface area contributed by atoms with Crippen LogP contribution in [0.5, 0.6) is 17.2 Å². The van der Waals surface area contributed by atoms with Crippen LogP contribution < -0.4 is 19.6 Å². The number of rotatable bonds is 10. The van der Waals surface area contributed by atoms with Gasteiger partial charge in [-0.25, -0.2) is 5.43 Å². The molecule has 0 aliphatic carbocycles. The van der Waals surface area contributed by atoms with Gasteiger partial charge in [-0.15, -0.1) is 10.2 Å². The van der Waals surface area contributed by atoms with Crippen LogP contribution in [0, 0.1) is 0 Å². The van der Waals surface area contributed by atoms with Crippen molar-refractivity contribution >= 4 is 35.5 Å². The van der Waals surface area contributed by atoms with Gasteiger partial charge < -0.3 is 14.2 Å². The number of carbonyl (C=O) groups excluding carboxylic acids is 1. The summed E-state index contributed by atoms with van der Waals surface area (Å²) in [5.41, 5.74) is 4.83. The number of benzene rings is 3. The number of para-hydroxylation sites is 1. The summed E-state index contributed by atoms with van der Waals surface area (Å²) < 4.78 is 18.3. The quantitative estimate of drug-likeness (QED) is 0.175. The molecule has 3 aromatic carbocycles. The zero-order chi connectivity index (χ0) is 26.2. The molecule has 0 aliphatic heterocycles. The first-order valence-corrected chi connectivity index (χ1v) is 12.4. The summed E-state index contributed by atoms with van der Waals surface area (Å²) in [6.07, 6.45) is 1.53. The van der Waals surface area contributed by atoms with Crippen molar-refractivity contribution in [2.75, 3.05) is 27.1 Å². The Kier molecular flexibility index (Phi) is 8.65. The molecule has 0 fully saturated rings. The minimum Gasteiger partial charge on any atom is -0.493 e. The van der Waals surface area contributed by atoms with Crippen LogP contribution in [0.4, 0.5) is 0 Å². The number of halogens is 1. The van der Waals surface area contributed by atoms with Crippen LogP contribution in [0.25, 0.3) is 17.1 Å². The van der Waals surface area contributed by atoms with Crippen LogP contribution in [0.3, 0.4) is 0 Å². The van der Waals surface area contributed by atoms with Gasteiger partial charge in [0.25, 0.3) is 5.91 Å². The van der Waals surface area contributed by atoms with E-state index in [4.69, 9.17) is 25.8 Å². The molecule has 4 aromatic rings. The fourth-order valence-corrected chi connectivity index (χ4v) is 4.44. The first-order chi connectivity index (χ1) is 18.0. The molecule has 1 heterocycles. The largest absolute Gasteiger partial charge is 0.493 e. The Hall–Kier alpha value is -4.02. The van der Waals surface area contributed by atoms with Crippen molar-refractivity contribution in [2.24, 2.45) is 5.10 Å². The predicted molar refractivity (Wildman–Crippen MR) is 144 cm³/mol. The maximum Gasteiger partial charge on any atom is 0.250 e. The Bertz CT molecular complexity index is 1390. The summed E-state index contributed by atoms with van der Waals surface area (Å²) in [6.45, 7) is 0. The average Bonchev–Trinajstić information content (AvgIpc) is 3.35. The van der Waals surface area contributed by atoms with Gasteiger partial charge in [0.2, 0.25) is 5.75 Å². The molecule has 0 saturated heterocycles. The molecule has 0 aliphatic rings. The number of thioether (sulfide) groups is 1. The smallest absolute Gasteiger partial charge is 0.250 e. The van der Waals surface area contributed by atoms with E-state index in [1.54, 1.807) is 45.6 Å². The first kappa shape index (κ1) is 26.1. The fourth-order valence-electron chi connectivity index (χ4n) is 3.50. The van der Waals surface area contributed by atoms with Crippen LogP contribution in [-0.4, -0.2) is 54.0 Å². The van der Waals surface area contributed by atoms with E-state index in [-0.39, 0.29) is 11.7 Å². The lowest BCUT2D eigenvalue weighted by molar-refractivity contribution is -0.118. The highest BCUT2D eigenvalue weighted by Gasteiger charge is 2.21. The molecule has 0 bridgehead atoms. The highest BCUT2D eigenvalue weighted by atomic mass is 35.5. The van der Waals surface area contributed by atoms with Crippen molar-refractivity contribution < 1.29 is 19.0 Å². The average molecular weight is 538 g/mol. The zero-order valence-corrected chi connectivity index (χ0v) is 21.9. The third-order valence-corrected chi connectivity index (χ3v) is 6.32. The lowest BCUT2D eigenvalue weighted by Crippen LogP contribution is -2.20. The number of aromatic nitrogens is 3. The summed E-state index contributed by atoms with van der Waals surface area (Å²) in [4.78, 5) is 12.5. The number of hydrazone groups is 1. The lowest BCUT2D eigenvalue weighted by Gasteiger charge is -2.15. The van der Waals surface area contributed by atoms with Gasteiger partial charge in [-0.3, -0.25) is 9.36 Å². The number of hydrogen-bond donors (Lipinski definition) is 1. The van der Waals surface area contributed by atoms with E-state index in [0.717, 1.165) is 11.3 Å². The number of ether oxygens (including phenoxy) is 3. The van der Waals surface area contributed by atoms with Crippen molar-refractivity contribution in [3.8, 4) is 34.3 Å². The Morgan fingerprint density at radius 3 is 2.38 bits per heavy atom. The van der Waals surface area contributed by atoms with E-state index in [2.05, 4.69) is 20.7 Å². The number of nitrogens with zero attached hydrogens (tertiary/aromatic N) is 4. The number of amides is 1. The Morgan fingerprint density at radius 1 is 1.00 bits per heavy atom. The fraction of sp³-hybridized carbons (Fsp3) is 0.154. The van der Waals surface area contributed by atoms with Crippen LogP contribution >= 0.6 is 23.4 Å². The maximum atomic E-state index is 12.5. The number of carbonyl (C=O) groups is 1. The van der Waals surface area contributed by atoms with Crippen molar-refractivity contribution in [3.05, 3.63) is 77.3 Å². The standard InChI is InChI=1S/C26H24ClN5O4S/c1-34-21-13-18(14-22(35-2)24(21)36-3)25-30-31-26(32(25)20-10-5-4-6-11-20)37-16-23(33)29-28-15-17-8-7-9-19(27)12-17/h4-15H,16H2,1-3H3,(H,29,33)/b28-15-. The van der Waals surface area contributed by atoms with E-state index >= 15 is 0 Å². The summed E-state index contributed by atoms with van der Waals surface area (Å²) in [5, 5.41) is 13.9. The summed E-state index contributed by atoms with van der Waals surface area (Å²) in [5.74, 6) is 1.79. The van der Waals surface area contributed by atoms with Crippen molar-refractivity contribution in [1.82, 2.24) is 20.2 Å². The van der Waals surface area contributed by atoms with Crippen LogP contribution in [0.1, 0.15) is 5.56 Å². The molecule has 4 rings (SSSR count). The SMILES string of the molecule is COc1cc(-c2nnc(SCC(=O)N/N=C\c3cccc(Cl)c3)n2-c2ccccc2)cc(OC)c1OC. The van der Waals surface area contributed by atoms with Crippen molar-refractivity contribution in [3.63, 3.8) is 0 Å². The molecule has 0 atom stereocenters. The lowest BCUT2D eigenvalue weighted by atomic mass is 10.1. The zero-order valence-electron chi connectivity index (χ0n) is 20.3. The van der Waals surface area contributed by atoms with Gasteiger partial charge in [0.15, 0.2) is 22.5 Å². The van der Waals surface area contributed by atoms with Gasteiger partial charge in [0.05, 0.1) is 33.3 Å². The first-order valence-electron chi connectivity index (χ1n) is 11.1. The molecule has 9 nitrogen and oxygen atoms in total. The highest BCUT2D eigenvalue weighted by molar-refractivity contribution is 7.99. The number of hydrogen-bond acceptors (Lipinski definition) is 8. The van der Waals surface area contributed by atoms with E-state index < -0.39 is 0 Å². The molecule has 0 saturated carbocycles. The summed E-state index contributed by atoms with van der Waals surface area (Å²) >= 11 is 7.21. The van der Waals surface area contributed by atoms with E-state index in [9.17, 15) is 4.79 Å². The molecular weight excluding hydrogens is 514 g/mol. The molecule has 1 aromatic heterocycles. The minimum absolute atomic E-state index is 0.0765. The molecule has 11 heteroatoms. The summed E-state index contributed by atoms with van der Waals surface area (Å²) in [7, 11) is 4.65. The topological polar surface area (TPSA) is 99.9 Å². The third kappa shape index (κ3) is 6.22. The second-order valence-corrected chi connectivity index (χ2v) is 8.91. The van der Waals surface area contributed by atoms with Gasteiger partial charge in [-0.05, 0) is 42.0 Å². The number of nitrogens with one attached hydrogen (secondary N) is 1. The van der Waals surface area contributed by atoms with E-state index in [1.165, 1.54) is 18.0 Å². The molecule has 0 radical (unpaired) electrons. The van der Waals surface area contributed by atoms with Gasteiger partial charge in [0, 0.05) is 16.3 Å². The van der Waals surface area contributed by atoms with Crippen molar-refractivity contribution in [2.45, 2.75) is 5.16 Å². The van der Waals surface area contributed by atoms with Crippen LogP contribution in [-0.2, 0) is 4.79 Å². The van der Waals surface area contributed by atoms with Crippen LogP contribution in [0.15, 0.2) is 77.0 Å². The predicted octanol–water partition coefficient (Wildman–Crippen LogP) is 4.86. The normalized spacial score (nSPS) is 10.9. The molecule has 190 valence electrons. The second kappa shape index (κ2) is 12.3. The van der Waals surface area contributed by atoms with E-state index in [0.29, 0.717) is 38.8 Å². The second-order valence-electron chi connectivity index (χ2n) is 7.53. The Balaban J connectivity index is 1.59. The monoisotopic (exact) mass is 537 g/mol. The molecule has 37 heavy (non-hydrogen) atoms. The van der Waals surface area contributed by atoms with Gasteiger partial charge in [-0.2, -0.15) is 5.10 Å². The minimum atomic E-state index is -0.291. The molecule has 1 N–H and O–H groups in total.